The molecule has 5 rings (SSSR count). The minimum Gasteiger partial charge on any atom is -0.295 e. The molecule has 1 aliphatic heterocycles. The van der Waals surface area contributed by atoms with Crippen LogP contribution < -0.4 is 0 Å². The Labute approximate surface area is 217 Å². The maximum atomic E-state index is 12.4. The minimum atomic E-state index is -0.238. The predicted molar refractivity (Wildman–Crippen MR) is 148 cm³/mol. The molecule has 0 atom stereocenters. The number of allylic oxidation sites excluding steroid dienone is 1. The second kappa shape index (κ2) is 10.7. The Balaban J connectivity index is 1.56. The lowest BCUT2D eigenvalue weighted by molar-refractivity contribution is 0.239. The molecule has 0 saturated carbocycles. The van der Waals surface area contributed by atoms with Crippen molar-refractivity contribution >= 4 is 40.4 Å². The molecule has 1 fully saturated rings. The maximum Gasteiger partial charge on any atom is 0.0906 e. The number of halogens is 3. The van der Waals surface area contributed by atoms with Crippen LogP contribution in [0.1, 0.15) is 52.6 Å². The smallest absolute Gasteiger partial charge is 0.0906 e. The summed E-state index contributed by atoms with van der Waals surface area (Å²) >= 11 is 13.0. The first-order valence-electron chi connectivity index (χ1n) is 12.4. The molecule has 0 aromatic heterocycles. The second-order valence-corrected chi connectivity index (χ2v) is 10.5. The van der Waals surface area contributed by atoms with E-state index in [1.165, 1.54) is 44.5 Å². The number of rotatable bonds is 6. The van der Waals surface area contributed by atoms with Crippen molar-refractivity contribution in [3.05, 3.63) is 110 Å². The van der Waals surface area contributed by atoms with Gasteiger partial charge in [0.25, 0.3) is 0 Å². The number of nitrogens with zero attached hydrogens (tertiary/aromatic N) is 1. The SMILES string of the molecule is Cc1cc(C=C2CN(CCCF)C2)ccc1C1=C(c2ccc(Cl)cc2Cl)CCCc2ccccc21. The van der Waals surface area contributed by atoms with Gasteiger partial charge in [-0.1, -0.05) is 77.8 Å². The van der Waals surface area contributed by atoms with Crippen LogP contribution in [0.4, 0.5) is 4.39 Å². The number of fused-ring (bicyclic) bond motifs is 1. The van der Waals surface area contributed by atoms with E-state index in [9.17, 15) is 4.39 Å². The summed E-state index contributed by atoms with van der Waals surface area (Å²) < 4.78 is 12.4. The fraction of sp³-hybridized carbons (Fsp3) is 0.290. The first kappa shape index (κ1) is 24.3. The number of hydrogen-bond acceptors (Lipinski definition) is 1. The number of alkyl halides is 1. The van der Waals surface area contributed by atoms with Crippen LogP contribution in [0.15, 0.2) is 66.2 Å². The first-order valence-corrected chi connectivity index (χ1v) is 13.1. The van der Waals surface area contributed by atoms with Gasteiger partial charge in [-0.2, -0.15) is 0 Å². The highest BCUT2D eigenvalue weighted by Crippen LogP contribution is 2.43. The number of hydrogen-bond donors (Lipinski definition) is 0. The average molecular weight is 506 g/mol. The Morgan fingerprint density at radius 1 is 0.914 bits per heavy atom. The van der Waals surface area contributed by atoms with Crippen molar-refractivity contribution in [1.29, 1.82) is 0 Å². The largest absolute Gasteiger partial charge is 0.295 e. The molecule has 1 aliphatic carbocycles. The quantitative estimate of drug-likeness (QED) is 0.323. The normalized spacial score (nSPS) is 16.1. The van der Waals surface area contributed by atoms with Gasteiger partial charge in [0.1, 0.15) is 0 Å². The van der Waals surface area contributed by atoms with Crippen molar-refractivity contribution in [2.75, 3.05) is 26.3 Å². The van der Waals surface area contributed by atoms with Gasteiger partial charge in [0.2, 0.25) is 0 Å². The molecule has 1 saturated heterocycles. The van der Waals surface area contributed by atoms with Crippen molar-refractivity contribution in [1.82, 2.24) is 4.90 Å². The molecular formula is C31H30Cl2FN. The van der Waals surface area contributed by atoms with E-state index in [2.05, 4.69) is 66.4 Å². The molecule has 0 amide bonds. The summed E-state index contributed by atoms with van der Waals surface area (Å²) in [5.41, 5.74) is 11.4. The van der Waals surface area contributed by atoms with E-state index in [1.807, 2.05) is 12.1 Å². The standard InChI is InChI=1S/C31H30Cl2FN/c1-21-16-22(17-23-19-35(20-23)15-5-14-34)10-12-26(21)31-27-8-3-2-6-24(27)7-4-9-29(31)28-13-11-25(32)18-30(28)33/h2-3,6,8,10-13,16-18H,4-5,7,9,14-15,19-20H2,1H3. The fourth-order valence-corrected chi connectivity index (χ4v) is 5.91. The van der Waals surface area contributed by atoms with E-state index in [0.29, 0.717) is 16.5 Å². The van der Waals surface area contributed by atoms with E-state index < -0.39 is 0 Å². The Hall–Kier alpha value is -2.39. The molecule has 0 spiro atoms. The van der Waals surface area contributed by atoms with Crippen molar-refractivity contribution < 1.29 is 4.39 Å². The van der Waals surface area contributed by atoms with E-state index >= 15 is 0 Å². The third kappa shape index (κ3) is 5.26. The molecule has 0 radical (unpaired) electrons. The number of likely N-dealkylation sites (tertiary alicyclic amines) is 1. The van der Waals surface area contributed by atoms with Gasteiger partial charge in [-0.25, -0.2) is 0 Å². The van der Waals surface area contributed by atoms with Gasteiger partial charge in [-0.15, -0.1) is 0 Å². The predicted octanol–water partition coefficient (Wildman–Crippen LogP) is 8.66. The minimum absolute atomic E-state index is 0.238. The van der Waals surface area contributed by atoms with E-state index in [4.69, 9.17) is 23.2 Å². The summed E-state index contributed by atoms with van der Waals surface area (Å²) in [7, 11) is 0. The lowest BCUT2D eigenvalue weighted by Gasteiger charge is -2.33. The Bertz CT molecular complexity index is 1300. The molecule has 180 valence electrons. The molecule has 0 unspecified atom stereocenters. The third-order valence-electron chi connectivity index (χ3n) is 7.07. The zero-order valence-electron chi connectivity index (χ0n) is 20.1. The van der Waals surface area contributed by atoms with Gasteiger partial charge in [-0.05, 0) is 94.8 Å². The highest BCUT2D eigenvalue weighted by Gasteiger charge is 2.23. The fourth-order valence-electron chi connectivity index (χ4n) is 5.39. The molecule has 2 aliphatic rings. The number of aryl methyl sites for hydroxylation is 2. The van der Waals surface area contributed by atoms with E-state index in [-0.39, 0.29) is 6.67 Å². The summed E-state index contributed by atoms with van der Waals surface area (Å²) in [4.78, 5) is 2.29. The lowest BCUT2D eigenvalue weighted by Crippen LogP contribution is -2.40. The summed E-state index contributed by atoms with van der Waals surface area (Å²) in [5, 5.41) is 1.36. The average Bonchev–Trinajstić information content (AvgIpc) is 3.00. The molecule has 0 N–H and O–H groups in total. The summed E-state index contributed by atoms with van der Waals surface area (Å²) in [6.45, 7) is 4.69. The van der Waals surface area contributed by atoms with Crippen LogP contribution in [0.2, 0.25) is 10.0 Å². The van der Waals surface area contributed by atoms with Gasteiger partial charge >= 0.3 is 0 Å². The van der Waals surface area contributed by atoms with Crippen molar-refractivity contribution in [3.63, 3.8) is 0 Å². The van der Waals surface area contributed by atoms with Gasteiger partial charge in [0.05, 0.1) is 6.67 Å². The molecule has 35 heavy (non-hydrogen) atoms. The third-order valence-corrected chi connectivity index (χ3v) is 7.62. The van der Waals surface area contributed by atoms with Crippen LogP contribution in [-0.4, -0.2) is 31.2 Å². The zero-order valence-corrected chi connectivity index (χ0v) is 21.6. The molecule has 1 nitrogen and oxygen atoms in total. The van der Waals surface area contributed by atoms with Crippen molar-refractivity contribution in [2.24, 2.45) is 0 Å². The Morgan fingerprint density at radius 3 is 2.49 bits per heavy atom. The highest BCUT2D eigenvalue weighted by molar-refractivity contribution is 6.36. The van der Waals surface area contributed by atoms with E-state index in [1.54, 1.807) is 0 Å². The van der Waals surface area contributed by atoms with Gasteiger partial charge in [0.15, 0.2) is 0 Å². The van der Waals surface area contributed by atoms with Crippen LogP contribution >= 0.6 is 23.2 Å². The van der Waals surface area contributed by atoms with Gasteiger partial charge < -0.3 is 0 Å². The van der Waals surface area contributed by atoms with Crippen LogP contribution in [0.5, 0.6) is 0 Å². The Kier molecular flexibility index (Phi) is 7.43. The molecule has 0 bridgehead atoms. The second-order valence-electron chi connectivity index (χ2n) is 9.62. The van der Waals surface area contributed by atoms with Crippen LogP contribution in [0.3, 0.4) is 0 Å². The summed E-state index contributed by atoms with van der Waals surface area (Å²) in [6.07, 6.45) is 6.01. The van der Waals surface area contributed by atoms with Crippen LogP contribution in [0.25, 0.3) is 17.2 Å². The van der Waals surface area contributed by atoms with Gasteiger partial charge in [0, 0.05) is 29.7 Å². The maximum absolute atomic E-state index is 12.4. The van der Waals surface area contributed by atoms with E-state index in [0.717, 1.165) is 44.5 Å². The molecule has 4 heteroatoms. The van der Waals surface area contributed by atoms with Crippen molar-refractivity contribution in [3.8, 4) is 0 Å². The molecule has 3 aromatic carbocycles. The lowest BCUT2D eigenvalue weighted by atomic mass is 9.85. The van der Waals surface area contributed by atoms with Crippen LogP contribution in [-0.2, 0) is 6.42 Å². The summed E-state index contributed by atoms with van der Waals surface area (Å²) in [6, 6.07) is 21.4. The molecule has 1 heterocycles. The summed E-state index contributed by atoms with van der Waals surface area (Å²) in [5.74, 6) is 0. The highest BCUT2D eigenvalue weighted by atomic mass is 35.5. The monoisotopic (exact) mass is 505 g/mol. The molecule has 3 aromatic rings. The number of benzene rings is 3. The Morgan fingerprint density at radius 2 is 1.71 bits per heavy atom. The zero-order chi connectivity index (χ0) is 24.4. The first-order chi connectivity index (χ1) is 17.0. The van der Waals surface area contributed by atoms with Gasteiger partial charge in [-0.3, -0.25) is 9.29 Å². The molecular weight excluding hydrogens is 476 g/mol. The van der Waals surface area contributed by atoms with Crippen molar-refractivity contribution in [2.45, 2.75) is 32.6 Å². The van der Waals surface area contributed by atoms with Crippen LogP contribution in [0, 0.1) is 6.92 Å². The topological polar surface area (TPSA) is 3.24 Å².